The van der Waals surface area contributed by atoms with E-state index in [1.54, 1.807) is 6.92 Å². The van der Waals surface area contributed by atoms with Gasteiger partial charge in [0.25, 0.3) is 11.8 Å². The van der Waals surface area contributed by atoms with E-state index in [-0.39, 0.29) is 29.9 Å². The van der Waals surface area contributed by atoms with Gasteiger partial charge in [0.15, 0.2) is 0 Å². The molecule has 234 valence electrons. The van der Waals surface area contributed by atoms with Crippen molar-refractivity contribution in [1.29, 1.82) is 0 Å². The zero-order chi connectivity index (χ0) is 30.7. The van der Waals surface area contributed by atoms with Crippen LogP contribution in [0.15, 0.2) is 29.2 Å². The Bertz CT molecular complexity index is 1450. The van der Waals surface area contributed by atoms with Gasteiger partial charge in [-0.05, 0) is 89.1 Å². The second kappa shape index (κ2) is 13.5. The van der Waals surface area contributed by atoms with Crippen LogP contribution in [0.5, 0.6) is 0 Å². The van der Waals surface area contributed by atoms with Crippen molar-refractivity contribution in [3.63, 3.8) is 0 Å². The highest BCUT2D eigenvalue weighted by atomic mass is 32.2. The third-order valence-electron chi connectivity index (χ3n) is 8.66. The fraction of sp³-hybridized carbons (Fsp3) is 0.581. The SMILES string of the molecule is CCOC(=O)C1CCCN(S(=O)(=O)c2ccc(C(=O)Nc3sc4c(c3C(=O)N3CCCCC3)CCN(C(C)C)C4)cc2)C1. The molecule has 0 spiro atoms. The molecular weight excluding hydrogens is 588 g/mol. The molecule has 2 amide bonds. The van der Waals surface area contributed by atoms with E-state index in [9.17, 15) is 22.8 Å². The Kier molecular flexibility index (Phi) is 9.89. The van der Waals surface area contributed by atoms with Crippen molar-refractivity contribution in [3.05, 3.63) is 45.8 Å². The topological polar surface area (TPSA) is 116 Å². The number of amides is 2. The number of likely N-dealkylation sites (tertiary alicyclic amines) is 1. The third kappa shape index (κ3) is 6.82. The number of hydrogen-bond donors (Lipinski definition) is 1. The van der Waals surface area contributed by atoms with E-state index in [0.29, 0.717) is 41.6 Å². The molecule has 0 saturated carbocycles. The van der Waals surface area contributed by atoms with Crippen molar-refractivity contribution in [2.45, 2.75) is 76.8 Å². The Morgan fingerprint density at radius 1 is 1.02 bits per heavy atom. The number of thiophene rings is 1. The van der Waals surface area contributed by atoms with E-state index in [1.165, 1.54) is 39.9 Å². The monoisotopic (exact) mass is 630 g/mol. The number of esters is 1. The molecule has 1 aromatic heterocycles. The number of hydrogen-bond acceptors (Lipinski definition) is 8. The summed E-state index contributed by atoms with van der Waals surface area (Å²) < 4.78 is 33.2. The molecule has 0 aliphatic carbocycles. The number of anilines is 1. The first-order valence-corrected chi connectivity index (χ1v) is 17.6. The summed E-state index contributed by atoms with van der Waals surface area (Å²) in [7, 11) is -3.85. The van der Waals surface area contributed by atoms with Crippen LogP contribution in [0.2, 0.25) is 0 Å². The van der Waals surface area contributed by atoms with Gasteiger partial charge in [0.05, 0.1) is 23.0 Å². The number of piperidine rings is 2. The van der Waals surface area contributed by atoms with Gasteiger partial charge < -0.3 is 15.0 Å². The summed E-state index contributed by atoms with van der Waals surface area (Å²) in [4.78, 5) is 44.9. The summed E-state index contributed by atoms with van der Waals surface area (Å²) in [5, 5.41) is 3.56. The fourth-order valence-electron chi connectivity index (χ4n) is 6.15. The van der Waals surface area contributed by atoms with Crippen LogP contribution in [0.4, 0.5) is 5.00 Å². The van der Waals surface area contributed by atoms with Crippen LogP contribution in [-0.2, 0) is 32.5 Å². The predicted molar refractivity (Wildman–Crippen MR) is 166 cm³/mol. The number of nitrogens with one attached hydrogen (secondary N) is 1. The molecule has 43 heavy (non-hydrogen) atoms. The minimum atomic E-state index is -3.85. The summed E-state index contributed by atoms with van der Waals surface area (Å²) in [5.41, 5.74) is 1.95. The second-order valence-corrected chi connectivity index (χ2v) is 14.9. The lowest BCUT2D eigenvalue weighted by Crippen LogP contribution is -2.42. The number of carbonyl (C=O) groups excluding carboxylic acids is 3. The van der Waals surface area contributed by atoms with E-state index >= 15 is 0 Å². The highest BCUT2D eigenvalue weighted by molar-refractivity contribution is 7.89. The van der Waals surface area contributed by atoms with Crippen molar-refractivity contribution in [3.8, 4) is 0 Å². The second-order valence-electron chi connectivity index (χ2n) is 11.8. The molecule has 1 N–H and O–H groups in total. The molecule has 10 nitrogen and oxygen atoms in total. The van der Waals surface area contributed by atoms with Gasteiger partial charge in [0.2, 0.25) is 10.0 Å². The largest absolute Gasteiger partial charge is 0.466 e. The molecule has 5 rings (SSSR count). The van der Waals surface area contributed by atoms with E-state index in [0.717, 1.165) is 62.3 Å². The zero-order valence-corrected chi connectivity index (χ0v) is 26.9. The van der Waals surface area contributed by atoms with Gasteiger partial charge in [-0.2, -0.15) is 4.31 Å². The number of benzene rings is 1. The zero-order valence-electron chi connectivity index (χ0n) is 25.3. The van der Waals surface area contributed by atoms with Crippen molar-refractivity contribution in [1.82, 2.24) is 14.1 Å². The van der Waals surface area contributed by atoms with Gasteiger partial charge >= 0.3 is 5.97 Å². The normalized spacial score (nSPS) is 20.1. The van der Waals surface area contributed by atoms with Crippen molar-refractivity contribution < 1.29 is 27.5 Å². The number of nitrogens with zero attached hydrogens (tertiary/aromatic N) is 3. The molecule has 1 atom stereocenters. The Labute approximate surface area is 258 Å². The minimum Gasteiger partial charge on any atom is -0.466 e. The number of fused-ring (bicyclic) bond motifs is 1. The summed E-state index contributed by atoms with van der Waals surface area (Å²) in [5.74, 6) is -1.27. The van der Waals surface area contributed by atoms with E-state index in [1.807, 2.05) is 4.90 Å². The van der Waals surface area contributed by atoms with Gasteiger partial charge in [-0.3, -0.25) is 19.3 Å². The first kappa shape index (κ1) is 31.6. The van der Waals surface area contributed by atoms with Crippen LogP contribution < -0.4 is 5.32 Å². The molecule has 2 fully saturated rings. The van der Waals surface area contributed by atoms with E-state index in [2.05, 4.69) is 24.1 Å². The minimum absolute atomic E-state index is 0.0189. The van der Waals surface area contributed by atoms with Gasteiger partial charge in [-0.15, -0.1) is 11.3 Å². The Morgan fingerprint density at radius 2 is 1.74 bits per heavy atom. The lowest BCUT2D eigenvalue weighted by Gasteiger charge is -2.31. The number of rotatable bonds is 8. The van der Waals surface area contributed by atoms with Gasteiger partial charge in [0, 0.05) is 55.8 Å². The van der Waals surface area contributed by atoms with E-state index in [4.69, 9.17) is 4.74 Å². The lowest BCUT2D eigenvalue weighted by atomic mass is 10.00. The van der Waals surface area contributed by atoms with Crippen LogP contribution in [-0.4, -0.2) is 85.7 Å². The molecular formula is C31H42N4O6S2. The molecule has 2 saturated heterocycles. The van der Waals surface area contributed by atoms with Crippen LogP contribution in [0, 0.1) is 5.92 Å². The highest BCUT2D eigenvalue weighted by Gasteiger charge is 2.35. The highest BCUT2D eigenvalue weighted by Crippen LogP contribution is 2.39. The average Bonchev–Trinajstić information content (AvgIpc) is 3.38. The molecule has 0 bridgehead atoms. The standard InChI is InChI=1S/C31H42N4O6S2/c1-4-41-31(38)23-9-8-17-35(19-23)43(39,40)24-12-10-22(11-13-24)28(36)32-29-27(30(37)33-15-6-5-7-16-33)25-14-18-34(21(2)3)20-26(25)42-29/h10-13,21,23H,4-9,14-20H2,1-3H3,(H,32,36). The Hall–Kier alpha value is -2.80. The van der Waals surface area contributed by atoms with Crippen LogP contribution in [0.25, 0.3) is 0 Å². The summed E-state index contributed by atoms with van der Waals surface area (Å²) in [6.07, 6.45) is 5.01. The molecule has 3 aliphatic heterocycles. The summed E-state index contributed by atoms with van der Waals surface area (Å²) in [6, 6.07) is 6.23. The van der Waals surface area contributed by atoms with E-state index < -0.39 is 21.8 Å². The molecule has 1 unspecified atom stereocenters. The first-order valence-electron chi connectivity index (χ1n) is 15.4. The number of sulfonamides is 1. The van der Waals surface area contributed by atoms with Crippen molar-refractivity contribution in [2.24, 2.45) is 5.92 Å². The van der Waals surface area contributed by atoms with Gasteiger partial charge in [0.1, 0.15) is 5.00 Å². The van der Waals surface area contributed by atoms with Crippen LogP contribution >= 0.6 is 11.3 Å². The lowest BCUT2D eigenvalue weighted by molar-refractivity contribution is -0.149. The van der Waals surface area contributed by atoms with Crippen LogP contribution in [0.1, 0.15) is 84.0 Å². The number of carbonyl (C=O) groups is 3. The molecule has 12 heteroatoms. The predicted octanol–water partition coefficient (Wildman–Crippen LogP) is 4.36. The van der Waals surface area contributed by atoms with Crippen molar-refractivity contribution >= 4 is 44.1 Å². The maximum absolute atomic E-state index is 13.8. The molecule has 4 heterocycles. The molecule has 2 aromatic rings. The molecule has 3 aliphatic rings. The number of ether oxygens (including phenoxy) is 1. The Morgan fingerprint density at radius 3 is 2.42 bits per heavy atom. The van der Waals surface area contributed by atoms with Gasteiger partial charge in [-0.1, -0.05) is 0 Å². The van der Waals surface area contributed by atoms with Gasteiger partial charge in [-0.25, -0.2) is 8.42 Å². The molecule has 1 aromatic carbocycles. The molecule has 0 radical (unpaired) electrons. The average molecular weight is 631 g/mol. The maximum Gasteiger partial charge on any atom is 0.310 e. The smallest absolute Gasteiger partial charge is 0.310 e. The third-order valence-corrected chi connectivity index (χ3v) is 11.7. The fourth-order valence-corrected chi connectivity index (χ4v) is 8.93. The first-order chi connectivity index (χ1) is 20.6. The summed E-state index contributed by atoms with van der Waals surface area (Å²) in [6.45, 7) is 9.77. The summed E-state index contributed by atoms with van der Waals surface area (Å²) >= 11 is 1.47. The Balaban J connectivity index is 1.35. The quantitative estimate of drug-likeness (QED) is 0.431. The van der Waals surface area contributed by atoms with Crippen LogP contribution in [0.3, 0.4) is 0 Å². The van der Waals surface area contributed by atoms with Crippen molar-refractivity contribution in [2.75, 3.05) is 44.6 Å². The maximum atomic E-state index is 13.8.